The summed E-state index contributed by atoms with van der Waals surface area (Å²) in [6, 6.07) is 5.06. The molecule has 1 aromatic rings. The van der Waals surface area contributed by atoms with E-state index < -0.39 is 0 Å². The van der Waals surface area contributed by atoms with Crippen molar-refractivity contribution in [2.75, 3.05) is 26.8 Å². The molecule has 1 aliphatic rings. The Hall–Kier alpha value is -1.42. The molecule has 4 heteroatoms. The number of hydrogen-bond donors (Lipinski definition) is 2. The predicted octanol–water partition coefficient (Wildman–Crippen LogP) is 1.78. The second-order valence-corrected chi connectivity index (χ2v) is 4.36. The van der Waals surface area contributed by atoms with Gasteiger partial charge in [-0.3, -0.25) is 0 Å². The van der Waals surface area contributed by atoms with Crippen LogP contribution in [0.5, 0.6) is 17.2 Å². The van der Waals surface area contributed by atoms with Gasteiger partial charge in [0, 0.05) is 18.5 Å². The highest BCUT2D eigenvalue weighted by molar-refractivity contribution is 5.44. The van der Waals surface area contributed by atoms with E-state index >= 15 is 0 Å². The van der Waals surface area contributed by atoms with Crippen molar-refractivity contribution in [3.8, 4) is 17.2 Å². The van der Waals surface area contributed by atoms with Crippen LogP contribution >= 0.6 is 0 Å². The van der Waals surface area contributed by atoms with Gasteiger partial charge in [0.1, 0.15) is 5.75 Å². The molecule has 1 unspecified atom stereocenters. The number of aromatic hydroxyl groups is 1. The lowest BCUT2D eigenvalue weighted by atomic mass is 10.0. The Kier molecular flexibility index (Phi) is 4.09. The number of hydrogen-bond acceptors (Lipinski definition) is 4. The molecule has 2 rings (SSSR count). The average molecular weight is 237 g/mol. The molecule has 1 aliphatic heterocycles. The minimum atomic E-state index is 0.138. The van der Waals surface area contributed by atoms with E-state index in [9.17, 15) is 5.11 Å². The van der Waals surface area contributed by atoms with E-state index in [1.165, 1.54) is 20.0 Å². The largest absolute Gasteiger partial charge is 0.504 e. The van der Waals surface area contributed by atoms with Gasteiger partial charge in [0.25, 0.3) is 0 Å². The van der Waals surface area contributed by atoms with E-state index in [4.69, 9.17) is 9.47 Å². The number of phenols is 1. The van der Waals surface area contributed by atoms with Crippen LogP contribution in [0.25, 0.3) is 0 Å². The Balaban J connectivity index is 1.89. The standard InChI is InChI=1S/C13H19NO3/c1-16-13-7-11(4-5-12(13)15)17-9-10-3-2-6-14-8-10/h4-5,7,10,14-15H,2-3,6,8-9H2,1H3. The summed E-state index contributed by atoms with van der Waals surface area (Å²) in [5, 5.41) is 12.8. The van der Waals surface area contributed by atoms with Gasteiger partial charge in [0.15, 0.2) is 11.5 Å². The Morgan fingerprint density at radius 2 is 2.35 bits per heavy atom. The smallest absolute Gasteiger partial charge is 0.164 e. The molecule has 4 nitrogen and oxygen atoms in total. The van der Waals surface area contributed by atoms with Crippen LogP contribution in [0.3, 0.4) is 0 Å². The molecule has 0 amide bonds. The van der Waals surface area contributed by atoms with Crippen LogP contribution in [0.1, 0.15) is 12.8 Å². The van der Waals surface area contributed by atoms with Gasteiger partial charge in [-0.2, -0.15) is 0 Å². The van der Waals surface area contributed by atoms with Gasteiger partial charge in [-0.1, -0.05) is 0 Å². The van der Waals surface area contributed by atoms with Gasteiger partial charge in [-0.15, -0.1) is 0 Å². The lowest BCUT2D eigenvalue weighted by Crippen LogP contribution is -2.33. The fourth-order valence-electron chi connectivity index (χ4n) is 2.03. The van der Waals surface area contributed by atoms with Crippen LogP contribution in [-0.2, 0) is 0 Å². The average Bonchev–Trinajstić information content (AvgIpc) is 2.39. The minimum absolute atomic E-state index is 0.138. The topological polar surface area (TPSA) is 50.7 Å². The van der Waals surface area contributed by atoms with Gasteiger partial charge in [-0.25, -0.2) is 0 Å². The van der Waals surface area contributed by atoms with Crippen molar-refractivity contribution in [2.45, 2.75) is 12.8 Å². The Morgan fingerprint density at radius 3 is 3.06 bits per heavy atom. The lowest BCUT2D eigenvalue weighted by Gasteiger charge is -2.22. The molecule has 0 saturated carbocycles. The number of piperidine rings is 1. The highest BCUT2D eigenvalue weighted by Gasteiger charge is 2.13. The Labute approximate surface area is 102 Å². The molecule has 2 N–H and O–H groups in total. The van der Waals surface area contributed by atoms with Crippen LogP contribution in [0.15, 0.2) is 18.2 Å². The molecule has 1 atom stereocenters. The van der Waals surface area contributed by atoms with Crippen molar-refractivity contribution < 1.29 is 14.6 Å². The predicted molar refractivity (Wildman–Crippen MR) is 65.7 cm³/mol. The number of ether oxygens (including phenoxy) is 2. The Bertz CT molecular complexity index is 362. The molecular weight excluding hydrogens is 218 g/mol. The number of methoxy groups -OCH3 is 1. The molecule has 1 fully saturated rings. The summed E-state index contributed by atoms with van der Waals surface area (Å²) in [6.07, 6.45) is 2.43. The summed E-state index contributed by atoms with van der Waals surface area (Å²) >= 11 is 0. The summed E-state index contributed by atoms with van der Waals surface area (Å²) in [5.41, 5.74) is 0. The normalized spacial score (nSPS) is 19.9. The van der Waals surface area contributed by atoms with Crippen LogP contribution in [-0.4, -0.2) is 31.9 Å². The molecular formula is C13H19NO3. The van der Waals surface area contributed by atoms with Crippen molar-refractivity contribution in [1.29, 1.82) is 0 Å². The van der Waals surface area contributed by atoms with E-state index in [1.807, 2.05) is 0 Å². The molecule has 0 radical (unpaired) electrons. The fourth-order valence-corrected chi connectivity index (χ4v) is 2.03. The minimum Gasteiger partial charge on any atom is -0.504 e. The third-order valence-electron chi connectivity index (χ3n) is 3.04. The maximum Gasteiger partial charge on any atom is 0.164 e. The molecule has 1 heterocycles. The van der Waals surface area contributed by atoms with E-state index in [1.54, 1.807) is 18.2 Å². The number of nitrogens with one attached hydrogen (secondary N) is 1. The monoisotopic (exact) mass is 237 g/mol. The number of phenolic OH excluding ortho intramolecular Hbond substituents is 1. The van der Waals surface area contributed by atoms with Crippen molar-refractivity contribution >= 4 is 0 Å². The highest BCUT2D eigenvalue weighted by Crippen LogP contribution is 2.30. The lowest BCUT2D eigenvalue weighted by molar-refractivity contribution is 0.217. The van der Waals surface area contributed by atoms with Crippen LogP contribution in [0, 0.1) is 5.92 Å². The first-order chi connectivity index (χ1) is 8.29. The van der Waals surface area contributed by atoms with Gasteiger partial charge >= 0.3 is 0 Å². The van der Waals surface area contributed by atoms with Crippen molar-refractivity contribution in [2.24, 2.45) is 5.92 Å². The summed E-state index contributed by atoms with van der Waals surface area (Å²) in [6.45, 7) is 2.85. The van der Waals surface area contributed by atoms with Crippen LogP contribution in [0.4, 0.5) is 0 Å². The first kappa shape index (κ1) is 12.0. The quantitative estimate of drug-likeness (QED) is 0.838. The zero-order valence-electron chi connectivity index (χ0n) is 10.1. The van der Waals surface area contributed by atoms with Crippen molar-refractivity contribution in [3.63, 3.8) is 0 Å². The first-order valence-corrected chi connectivity index (χ1v) is 6.00. The molecule has 94 valence electrons. The zero-order chi connectivity index (χ0) is 12.1. The van der Waals surface area contributed by atoms with E-state index in [2.05, 4.69) is 5.32 Å². The molecule has 1 saturated heterocycles. The van der Waals surface area contributed by atoms with Crippen LogP contribution < -0.4 is 14.8 Å². The molecule has 17 heavy (non-hydrogen) atoms. The van der Waals surface area contributed by atoms with Gasteiger partial charge in [0.2, 0.25) is 0 Å². The van der Waals surface area contributed by atoms with Crippen molar-refractivity contribution in [3.05, 3.63) is 18.2 Å². The zero-order valence-corrected chi connectivity index (χ0v) is 10.1. The summed E-state index contributed by atoms with van der Waals surface area (Å²) < 4.78 is 10.7. The fraction of sp³-hybridized carbons (Fsp3) is 0.538. The highest BCUT2D eigenvalue weighted by atomic mass is 16.5. The van der Waals surface area contributed by atoms with Gasteiger partial charge < -0.3 is 19.9 Å². The molecule has 1 aromatic carbocycles. The van der Waals surface area contributed by atoms with E-state index in [0.717, 1.165) is 18.8 Å². The third-order valence-corrected chi connectivity index (χ3v) is 3.04. The molecule has 0 aromatic heterocycles. The van der Waals surface area contributed by atoms with Crippen LogP contribution in [0.2, 0.25) is 0 Å². The number of benzene rings is 1. The summed E-state index contributed by atoms with van der Waals surface area (Å²) in [4.78, 5) is 0. The maximum atomic E-state index is 9.46. The van der Waals surface area contributed by atoms with E-state index in [0.29, 0.717) is 18.3 Å². The second kappa shape index (κ2) is 5.77. The third kappa shape index (κ3) is 3.27. The molecule has 0 bridgehead atoms. The molecule has 0 spiro atoms. The van der Waals surface area contributed by atoms with E-state index in [-0.39, 0.29) is 5.75 Å². The second-order valence-electron chi connectivity index (χ2n) is 4.36. The summed E-state index contributed by atoms with van der Waals surface area (Å²) in [7, 11) is 1.53. The SMILES string of the molecule is COc1cc(OCC2CCCNC2)ccc1O. The first-order valence-electron chi connectivity index (χ1n) is 6.00. The van der Waals surface area contributed by atoms with Gasteiger partial charge in [0.05, 0.1) is 13.7 Å². The number of rotatable bonds is 4. The van der Waals surface area contributed by atoms with Crippen molar-refractivity contribution in [1.82, 2.24) is 5.32 Å². The maximum absolute atomic E-state index is 9.46. The summed E-state index contributed by atoms with van der Waals surface area (Å²) in [5.74, 6) is 1.90. The molecule has 0 aliphatic carbocycles. The Morgan fingerprint density at radius 1 is 1.47 bits per heavy atom. The van der Waals surface area contributed by atoms with Gasteiger partial charge in [-0.05, 0) is 31.5 Å².